The Morgan fingerprint density at radius 2 is 1.87 bits per heavy atom. The first-order valence-electron chi connectivity index (χ1n) is 10.9. The number of aryl methyl sites for hydroxylation is 2. The summed E-state index contributed by atoms with van der Waals surface area (Å²) >= 11 is 0. The van der Waals surface area contributed by atoms with Crippen molar-refractivity contribution in [2.75, 3.05) is 31.1 Å². The molecule has 1 N–H and O–H groups in total. The molecule has 158 valence electrons. The maximum absolute atomic E-state index is 13.0. The highest BCUT2D eigenvalue weighted by atomic mass is 16.1. The second-order valence-corrected chi connectivity index (χ2v) is 8.72. The summed E-state index contributed by atoms with van der Waals surface area (Å²) in [6, 6.07) is 7.56. The zero-order valence-corrected chi connectivity index (χ0v) is 17.7. The number of rotatable bonds is 3. The van der Waals surface area contributed by atoms with Crippen molar-refractivity contribution < 1.29 is 0 Å². The Labute approximate surface area is 179 Å². The van der Waals surface area contributed by atoms with Crippen LogP contribution in [-0.4, -0.2) is 50.2 Å². The average Bonchev–Trinajstić information content (AvgIpc) is 3.47. The molecule has 31 heavy (non-hydrogen) atoms. The highest BCUT2D eigenvalue weighted by Crippen LogP contribution is 2.30. The Bertz CT molecular complexity index is 1360. The van der Waals surface area contributed by atoms with Crippen molar-refractivity contribution in [2.45, 2.75) is 20.3 Å². The largest absolute Gasteiger partial charge is 0.370 e. The molecule has 6 rings (SSSR count). The van der Waals surface area contributed by atoms with Gasteiger partial charge in [-0.1, -0.05) is 6.92 Å². The van der Waals surface area contributed by atoms with E-state index in [4.69, 9.17) is 4.98 Å². The lowest BCUT2D eigenvalue weighted by atomic mass is 10.0. The summed E-state index contributed by atoms with van der Waals surface area (Å²) in [7, 11) is 0. The van der Waals surface area contributed by atoms with Gasteiger partial charge in [0.25, 0.3) is 5.56 Å². The van der Waals surface area contributed by atoms with E-state index < -0.39 is 0 Å². The molecule has 0 radical (unpaired) electrons. The van der Waals surface area contributed by atoms with Gasteiger partial charge in [-0.25, -0.2) is 9.50 Å². The van der Waals surface area contributed by atoms with E-state index >= 15 is 0 Å². The summed E-state index contributed by atoms with van der Waals surface area (Å²) in [4.78, 5) is 24.7. The van der Waals surface area contributed by atoms with E-state index in [9.17, 15) is 4.79 Å². The Hall–Kier alpha value is -3.26. The van der Waals surface area contributed by atoms with Crippen LogP contribution in [0.2, 0.25) is 0 Å². The molecule has 0 aliphatic carbocycles. The third-order valence-electron chi connectivity index (χ3n) is 6.65. The molecule has 0 unspecified atom stereocenters. The predicted molar refractivity (Wildman–Crippen MR) is 120 cm³/mol. The van der Waals surface area contributed by atoms with Crippen molar-refractivity contribution in [3.05, 3.63) is 58.4 Å². The summed E-state index contributed by atoms with van der Waals surface area (Å²) in [5.41, 5.74) is 5.76. The van der Waals surface area contributed by atoms with Crippen LogP contribution in [0.15, 0.2) is 41.5 Å². The first kappa shape index (κ1) is 18.5. The van der Waals surface area contributed by atoms with Crippen LogP contribution >= 0.6 is 0 Å². The number of fused-ring (bicyclic) bond motifs is 3. The van der Waals surface area contributed by atoms with E-state index in [1.54, 1.807) is 10.5 Å². The van der Waals surface area contributed by atoms with Crippen LogP contribution in [-0.2, 0) is 6.42 Å². The third kappa shape index (κ3) is 3.01. The molecule has 6 heterocycles. The molecular formula is C23H25N7O. The van der Waals surface area contributed by atoms with E-state index in [1.807, 2.05) is 36.0 Å². The van der Waals surface area contributed by atoms with Crippen molar-refractivity contribution in [1.29, 1.82) is 0 Å². The highest BCUT2D eigenvalue weighted by molar-refractivity contribution is 5.66. The molecule has 4 aromatic heterocycles. The zero-order valence-electron chi connectivity index (χ0n) is 17.7. The minimum absolute atomic E-state index is 0.0926. The minimum Gasteiger partial charge on any atom is -0.370 e. The summed E-state index contributed by atoms with van der Waals surface area (Å²) in [6.07, 6.45) is 4.65. The van der Waals surface area contributed by atoms with Gasteiger partial charge in [0.15, 0.2) is 0 Å². The monoisotopic (exact) mass is 415 g/mol. The van der Waals surface area contributed by atoms with Crippen LogP contribution in [0.25, 0.3) is 22.6 Å². The average molecular weight is 416 g/mol. The maximum atomic E-state index is 13.0. The Morgan fingerprint density at radius 1 is 1.06 bits per heavy atom. The van der Waals surface area contributed by atoms with Crippen LogP contribution in [0, 0.1) is 18.8 Å². The second kappa shape index (κ2) is 6.88. The molecule has 0 amide bonds. The zero-order chi connectivity index (χ0) is 21.1. The van der Waals surface area contributed by atoms with E-state index in [1.165, 1.54) is 0 Å². The molecular weight excluding hydrogens is 390 g/mol. The van der Waals surface area contributed by atoms with Crippen molar-refractivity contribution in [1.82, 2.24) is 29.3 Å². The molecule has 0 aromatic carbocycles. The fraction of sp³-hybridized carbons (Fsp3) is 0.391. The minimum atomic E-state index is -0.0926. The molecule has 0 spiro atoms. The van der Waals surface area contributed by atoms with Gasteiger partial charge >= 0.3 is 0 Å². The molecule has 0 saturated carbocycles. The van der Waals surface area contributed by atoms with Gasteiger partial charge in [0, 0.05) is 38.4 Å². The summed E-state index contributed by atoms with van der Waals surface area (Å²) in [6.45, 7) is 8.30. The second-order valence-electron chi connectivity index (χ2n) is 8.72. The third-order valence-corrected chi connectivity index (χ3v) is 6.65. The summed E-state index contributed by atoms with van der Waals surface area (Å²) in [5.74, 6) is 1.41. The molecule has 2 aliphatic rings. The van der Waals surface area contributed by atoms with E-state index in [0.29, 0.717) is 28.9 Å². The summed E-state index contributed by atoms with van der Waals surface area (Å²) < 4.78 is 3.48. The fourth-order valence-corrected chi connectivity index (χ4v) is 5.05. The molecule has 2 saturated heterocycles. The van der Waals surface area contributed by atoms with Crippen LogP contribution in [0.1, 0.15) is 18.3 Å². The molecule has 4 aromatic rings. The number of hydrogen-bond acceptors (Lipinski definition) is 6. The maximum Gasteiger partial charge on any atom is 0.258 e. The number of nitrogens with one attached hydrogen (secondary N) is 1. The van der Waals surface area contributed by atoms with Gasteiger partial charge in [-0.2, -0.15) is 5.10 Å². The van der Waals surface area contributed by atoms with Gasteiger partial charge in [-0.15, -0.1) is 0 Å². The highest BCUT2D eigenvalue weighted by Gasteiger charge is 2.36. The summed E-state index contributed by atoms with van der Waals surface area (Å²) in [5, 5.41) is 8.14. The van der Waals surface area contributed by atoms with Gasteiger partial charge in [0.05, 0.1) is 34.5 Å². The molecule has 2 atom stereocenters. The van der Waals surface area contributed by atoms with E-state index in [0.717, 1.165) is 55.2 Å². The van der Waals surface area contributed by atoms with Crippen molar-refractivity contribution in [2.24, 2.45) is 11.8 Å². The lowest BCUT2D eigenvalue weighted by Crippen LogP contribution is -2.26. The van der Waals surface area contributed by atoms with Crippen LogP contribution < -0.4 is 15.8 Å². The van der Waals surface area contributed by atoms with Crippen LogP contribution in [0.5, 0.6) is 0 Å². The first-order chi connectivity index (χ1) is 15.1. The standard InChI is InChI=1S/C23H25N7O/c1-3-18-21-6-20(27-30(21)10-14(2)25-18)19-7-23(31)29-13-17(4-5-22(29)26-19)28-11-15-8-24-9-16(15)12-28/h4-7,10,13,15-16,24H,3,8-9,11-12H2,1-2H3/t15-,16+. The number of aromatic nitrogens is 5. The molecule has 8 nitrogen and oxygen atoms in total. The molecule has 0 bridgehead atoms. The van der Waals surface area contributed by atoms with Crippen molar-refractivity contribution in [3.63, 3.8) is 0 Å². The van der Waals surface area contributed by atoms with Gasteiger partial charge in [-0.05, 0) is 43.4 Å². The van der Waals surface area contributed by atoms with E-state index in [-0.39, 0.29) is 5.56 Å². The predicted octanol–water partition coefficient (Wildman–Crippen LogP) is 1.93. The number of hydrogen-bond donors (Lipinski definition) is 1. The van der Waals surface area contributed by atoms with Gasteiger partial charge in [0.2, 0.25) is 0 Å². The number of pyridine rings is 1. The number of anilines is 1. The SMILES string of the molecule is CCc1nc(C)cn2nc(-c3cc(=O)n4cc(N5C[C@H]6CNC[C@H]6C5)ccc4n3)cc12. The van der Waals surface area contributed by atoms with Crippen molar-refractivity contribution >= 4 is 16.9 Å². The normalized spacial score (nSPS) is 20.8. The van der Waals surface area contributed by atoms with Crippen LogP contribution in [0.3, 0.4) is 0 Å². The van der Waals surface area contributed by atoms with Gasteiger partial charge < -0.3 is 10.2 Å². The topological polar surface area (TPSA) is 79.8 Å². The molecule has 2 aliphatic heterocycles. The van der Waals surface area contributed by atoms with Crippen molar-refractivity contribution in [3.8, 4) is 11.4 Å². The molecule has 2 fully saturated rings. The smallest absolute Gasteiger partial charge is 0.258 e. The van der Waals surface area contributed by atoms with Crippen LogP contribution in [0.4, 0.5) is 5.69 Å². The first-order valence-corrected chi connectivity index (χ1v) is 10.9. The fourth-order valence-electron chi connectivity index (χ4n) is 5.05. The lowest BCUT2D eigenvalue weighted by Gasteiger charge is -2.20. The van der Waals surface area contributed by atoms with Gasteiger partial charge in [0.1, 0.15) is 11.3 Å². The Kier molecular flexibility index (Phi) is 4.11. The molecule has 8 heteroatoms. The van der Waals surface area contributed by atoms with E-state index in [2.05, 4.69) is 33.3 Å². The Morgan fingerprint density at radius 3 is 2.65 bits per heavy atom. The lowest BCUT2D eigenvalue weighted by molar-refractivity contribution is 0.533. The van der Waals surface area contributed by atoms with Gasteiger partial charge in [-0.3, -0.25) is 14.2 Å². The Balaban J connectivity index is 1.39. The number of nitrogens with zero attached hydrogens (tertiary/aromatic N) is 6. The quantitative estimate of drug-likeness (QED) is 0.551.